The van der Waals surface area contributed by atoms with Gasteiger partial charge in [-0.25, -0.2) is 0 Å². The molecule has 0 bridgehead atoms. The predicted octanol–water partition coefficient (Wildman–Crippen LogP) is 2.94. The molecule has 1 aliphatic heterocycles. The van der Waals surface area contributed by atoms with Gasteiger partial charge in [0, 0.05) is 25.4 Å². The number of hydrogen-bond donors (Lipinski definition) is 1. The Labute approximate surface area is 125 Å². The van der Waals surface area contributed by atoms with Gasteiger partial charge in [0.1, 0.15) is 0 Å². The van der Waals surface area contributed by atoms with Gasteiger partial charge in [0.25, 0.3) is 0 Å². The predicted molar refractivity (Wildman–Crippen MR) is 83.6 cm³/mol. The van der Waals surface area contributed by atoms with E-state index in [0.717, 1.165) is 24.2 Å². The maximum atomic E-state index is 4.68. The van der Waals surface area contributed by atoms with Crippen LogP contribution >= 0.6 is 11.8 Å². The lowest BCUT2D eigenvalue weighted by Gasteiger charge is -2.21. The Hall–Kier alpha value is -1.04. The summed E-state index contributed by atoms with van der Waals surface area (Å²) in [7, 11) is 1.87. The Kier molecular flexibility index (Phi) is 4.60. The quantitative estimate of drug-likeness (QED) is 0.921. The van der Waals surface area contributed by atoms with Gasteiger partial charge in [-0.3, -0.25) is 0 Å². The van der Waals surface area contributed by atoms with E-state index in [1.54, 1.807) is 0 Å². The van der Waals surface area contributed by atoms with E-state index in [2.05, 4.69) is 25.2 Å². The zero-order valence-corrected chi connectivity index (χ0v) is 13.0. The summed E-state index contributed by atoms with van der Waals surface area (Å²) < 4.78 is 0. The number of hydrogen-bond acceptors (Lipinski definition) is 6. The molecule has 1 saturated carbocycles. The highest BCUT2D eigenvalue weighted by Crippen LogP contribution is 2.32. The van der Waals surface area contributed by atoms with Crippen molar-refractivity contribution in [3.8, 4) is 0 Å². The molecule has 20 heavy (non-hydrogen) atoms. The normalized spacial score (nSPS) is 20.4. The van der Waals surface area contributed by atoms with Crippen LogP contribution in [0.5, 0.6) is 0 Å². The van der Waals surface area contributed by atoms with Crippen molar-refractivity contribution in [3.63, 3.8) is 0 Å². The molecule has 1 aromatic heterocycles. The highest BCUT2D eigenvalue weighted by molar-refractivity contribution is 7.99. The third kappa shape index (κ3) is 3.34. The average molecular weight is 293 g/mol. The molecule has 0 atom stereocenters. The second-order valence-electron chi connectivity index (χ2n) is 5.56. The standard InChI is InChI=1S/C14H23N5S/c1-15-12-16-13(19-9-5-6-10-19)18-14(17-12)20-11-7-3-2-4-8-11/h11H,2-10H2,1H3,(H,15,16,17,18). The van der Waals surface area contributed by atoms with Crippen molar-refractivity contribution >= 4 is 23.7 Å². The number of thioether (sulfide) groups is 1. The second-order valence-corrected chi connectivity index (χ2v) is 6.83. The summed E-state index contributed by atoms with van der Waals surface area (Å²) >= 11 is 1.84. The third-order valence-electron chi connectivity index (χ3n) is 4.04. The Morgan fingerprint density at radius 3 is 2.45 bits per heavy atom. The molecule has 1 saturated heterocycles. The van der Waals surface area contributed by atoms with Crippen LogP contribution < -0.4 is 10.2 Å². The minimum Gasteiger partial charge on any atom is -0.357 e. The smallest absolute Gasteiger partial charge is 0.231 e. The number of anilines is 2. The maximum absolute atomic E-state index is 4.68. The number of rotatable bonds is 4. The largest absolute Gasteiger partial charge is 0.357 e. The van der Waals surface area contributed by atoms with Gasteiger partial charge < -0.3 is 10.2 Å². The van der Waals surface area contributed by atoms with Gasteiger partial charge in [-0.1, -0.05) is 31.0 Å². The van der Waals surface area contributed by atoms with Crippen LogP contribution in [0.3, 0.4) is 0 Å². The fourth-order valence-corrected chi connectivity index (χ4v) is 4.04. The number of aromatic nitrogens is 3. The van der Waals surface area contributed by atoms with Crippen LogP contribution in [0.25, 0.3) is 0 Å². The van der Waals surface area contributed by atoms with Gasteiger partial charge in [0.15, 0.2) is 5.16 Å². The summed E-state index contributed by atoms with van der Waals surface area (Å²) in [5.74, 6) is 1.54. The average Bonchev–Trinajstić information content (AvgIpc) is 3.02. The van der Waals surface area contributed by atoms with Gasteiger partial charge in [0.2, 0.25) is 11.9 Å². The van der Waals surface area contributed by atoms with Crippen molar-refractivity contribution in [2.75, 3.05) is 30.4 Å². The fraction of sp³-hybridized carbons (Fsp3) is 0.786. The molecule has 2 heterocycles. The molecule has 3 rings (SSSR count). The van der Waals surface area contributed by atoms with Crippen LogP contribution in [0.1, 0.15) is 44.9 Å². The minimum absolute atomic E-state index is 0.683. The Morgan fingerprint density at radius 2 is 1.75 bits per heavy atom. The number of nitrogens with one attached hydrogen (secondary N) is 1. The summed E-state index contributed by atoms with van der Waals surface area (Å²) in [5.41, 5.74) is 0. The van der Waals surface area contributed by atoms with Crippen LogP contribution in [-0.4, -0.2) is 40.3 Å². The molecule has 2 fully saturated rings. The lowest BCUT2D eigenvalue weighted by Crippen LogP contribution is -2.22. The van der Waals surface area contributed by atoms with E-state index in [0.29, 0.717) is 11.2 Å². The van der Waals surface area contributed by atoms with Crippen LogP contribution in [0.2, 0.25) is 0 Å². The van der Waals surface area contributed by atoms with Crippen LogP contribution in [0.15, 0.2) is 5.16 Å². The van der Waals surface area contributed by atoms with E-state index in [4.69, 9.17) is 0 Å². The molecular weight excluding hydrogens is 270 g/mol. The molecule has 2 aliphatic rings. The van der Waals surface area contributed by atoms with Crippen molar-refractivity contribution in [2.45, 2.75) is 55.4 Å². The lowest BCUT2D eigenvalue weighted by atomic mass is 10.0. The first-order valence-corrected chi connectivity index (χ1v) is 8.58. The van der Waals surface area contributed by atoms with Crippen molar-refractivity contribution in [1.29, 1.82) is 0 Å². The van der Waals surface area contributed by atoms with Crippen molar-refractivity contribution in [1.82, 2.24) is 15.0 Å². The molecule has 0 amide bonds. The van der Waals surface area contributed by atoms with E-state index < -0.39 is 0 Å². The molecule has 1 aliphatic carbocycles. The van der Waals surface area contributed by atoms with Crippen molar-refractivity contribution in [2.24, 2.45) is 0 Å². The van der Waals surface area contributed by atoms with Gasteiger partial charge >= 0.3 is 0 Å². The lowest BCUT2D eigenvalue weighted by molar-refractivity contribution is 0.515. The van der Waals surface area contributed by atoms with E-state index in [9.17, 15) is 0 Å². The first-order chi connectivity index (χ1) is 9.85. The highest BCUT2D eigenvalue weighted by Gasteiger charge is 2.20. The Balaban J connectivity index is 1.76. The Morgan fingerprint density at radius 1 is 1.00 bits per heavy atom. The van der Waals surface area contributed by atoms with Gasteiger partial charge in [0.05, 0.1) is 0 Å². The van der Waals surface area contributed by atoms with E-state index in [-0.39, 0.29) is 0 Å². The van der Waals surface area contributed by atoms with Crippen molar-refractivity contribution in [3.05, 3.63) is 0 Å². The summed E-state index contributed by atoms with van der Waals surface area (Å²) in [4.78, 5) is 16.0. The minimum atomic E-state index is 0.683. The summed E-state index contributed by atoms with van der Waals surface area (Å²) in [6.07, 6.45) is 9.15. The molecule has 6 heteroatoms. The molecule has 0 unspecified atom stereocenters. The topological polar surface area (TPSA) is 53.9 Å². The molecule has 0 spiro atoms. The Bertz CT molecular complexity index is 441. The van der Waals surface area contributed by atoms with E-state index >= 15 is 0 Å². The SMILES string of the molecule is CNc1nc(SC2CCCCC2)nc(N2CCCC2)n1. The van der Waals surface area contributed by atoms with Gasteiger partial charge in [-0.15, -0.1) is 0 Å². The molecular formula is C14H23N5S. The van der Waals surface area contributed by atoms with Gasteiger partial charge in [-0.05, 0) is 25.7 Å². The summed E-state index contributed by atoms with van der Waals surface area (Å²) in [6, 6.07) is 0. The molecule has 0 radical (unpaired) electrons. The van der Waals surface area contributed by atoms with E-state index in [1.165, 1.54) is 44.9 Å². The summed E-state index contributed by atoms with van der Waals surface area (Å²) in [6.45, 7) is 2.14. The first kappa shape index (κ1) is 13.9. The van der Waals surface area contributed by atoms with E-state index in [1.807, 2.05) is 18.8 Å². The highest BCUT2D eigenvalue weighted by atomic mass is 32.2. The van der Waals surface area contributed by atoms with Crippen molar-refractivity contribution < 1.29 is 0 Å². The molecule has 1 N–H and O–H groups in total. The fourth-order valence-electron chi connectivity index (χ4n) is 2.90. The second kappa shape index (κ2) is 6.61. The number of nitrogens with zero attached hydrogens (tertiary/aromatic N) is 4. The third-order valence-corrected chi connectivity index (χ3v) is 5.24. The first-order valence-electron chi connectivity index (χ1n) is 7.70. The zero-order chi connectivity index (χ0) is 13.8. The van der Waals surface area contributed by atoms with Gasteiger partial charge in [-0.2, -0.15) is 15.0 Å². The molecule has 5 nitrogen and oxygen atoms in total. The molecule has 110 valence electrons. The monoisotopic (exact) mass is 293 g/mol. The van der Waals surface area contributed by atoms with Crippen LogP contribution in [0, 0.1) is 0 Å². The molecule has 1 aromatic rings. The zero-order valence-electron chi connectivity index (χ0n) is 12.1. The van der Waals surface area contributed by atoms with Crippen LogP contribution in [-0.2, 0) is 0 Å². The van der Waals surface area contributed by atoms with Crippen LogP contribution in [0.4, 0.5) is 11.9 Å². The summed E-state index contributed by atoms with van der Waals surface area (Å²) in [5, 5.41) is 4.64. The maximum Gasteiger partial charge on any atom is 0.231 e. The molecule has 0 aromatic carbocycles.